The Kier molecular flexibility index (Phi) is 4.73. The van der Waals surface area contributed by atoms with E-state index in [0.29, 0.717) is 24.9 Å². The first-order chi connectivity index (χ1) is 10.8. The smallest absolute Gasteiger partial charge is 0.230 e. The minimum Gasteiger partial charge on any atom is -0.342 e. The SMILES string of the molecule is CN(C1CCN(C(=O)[C@@]23CCCC[C@H]2CNC3)CC1)S(C)(=O)=O. The van der Waals surface area contributed by atoms with Crippen molar-refractivity contribution >= 4 is 15.9 Å². The second kappa shape index (κ2) is 6.33. The maximum atomic E-state index is 13.2. The summed E-state index contributed by atoms with van der Waals surface area (Å²) in [6.45, 7) is 3.15. The topological polar surface area (TPSA) is 69.7 Å². The Morgan fingerprint density at radius 3 is 2.57 bits per heavy atom. The van der Waals surface area contributed by atoms with Crippen molar-refractivity contribution < 1.29 is 13.2 Å². The lowest BCUT2D eigenvalue weighted by atomic mass is 9.67. The van der Waals surface area contributed by atoms with Crippen molar-refractivity contribution in [2.75, 3.05) is 39.5 Å². The number of likely N-dealkylation sites (tertiary alicyclic amines) is 1. The van der Waals surface area contributed by atoms with E-state index in [1.54, 1.807) is 7.05 Å². The van der Waals surface area contributed by atoms with Gasteiger partial charge in [-0.25, -0.2) is 12.7 Å². The molecule has 1 amide bonds. The first-order valence-electron chi connectivity index (χ1n) is 8.78. The second-order valence-corrected chi connectivity index (χ2v) is 9.57. The van der Waals surface area contributed by atoms with E-state index in [2.05, 4.69) is 5.32 Å². The molecule has 0 radical (unpaired) electrons. The summed E-state index contributed by atoms with van der Waals surface area (Å²) in [5.41, 5.74) is -0.187. The first kappa shape index (κ1) is 17.2. The van der Waals surface area contributed by atoms with Crippen molar-refractivity contribution in [1.82, 2.24) is 14.5 Å². The lowest BCUT2D eigenvalue weighted by Gasteiger charge is -2.43. The van der Waals surface area contributed by atoms with Crippen LogP contribution in [0.2, 0.25) is 0 Å². The first-order valence-corrected chi connectivity index (χ1v) is 10.6. The Morgan fingerprint density at radius 1 is 1.22 bits per heavy atom. The summed E-state index contributed by atoms with van der Waals surface area (Å²) >= 11 is 0. The molecule has 0 aromatic rings. The Bertz CT molecular complexity index is 557. The number of nitrogens with zero attached hydrogens (tertiary/aromatic N) is 2. The number of hydrogen-bond donors (Lipinski definition) is 1. The number of amides is 1. The summed E-state index contributed by atoms with van der Waals surface area (Å²) < 4.78 is 24.8. The molecule has 3 aliphatic rings. The Labute approximate surface area is 139 Å². The lowest BCUT2D eigenvalue weighted by molar-refractivity contribution is -0.146. The van der Waals surface area contributed by atoms with Crippen molar-refractivity contribution in [3.63, 3.8) is 0 Å². The molecule has 6 nitrogen and oxygen atoms in total. The Hall–Kier alpha value is -0.660. The van der Waals surface area contributed by atoms with Crippen molar-refractivity contribution in [1.29, 1.82) is 0 Å². The van der Waals surface area contributed by atoms with E-state index in [1.165, 1.54) is 17.0 Å². The summed E-state index contributed by atoms with van der Waals surface area (Å²) in [6, 6.07) is 0.0235. The Balaban J connectivity index is 1.64. The predicted molar refractivity (Wildman–Crippen MR) is 89.5 cm³/mol. The van der Waals surface area contributed by atoms with Gasteiger partial charge in [-0.2, -0.15) is 0 Å². The zero-order valence-electron chi connectivity index (χ0n) is 14.3. The van der Waals surface area contributed by atoms with Crippen LogP contribution in [0, 0.1) is 11.3 Å². The summed E-state index contributed by atoms with van der Waals surface area (Å²) in [5, 5.41) is 3.44. The van der Waals surface area contributed by atoms with Gasteiger partial charge in [-0.15, -0.1) is 0 Å². The highest BCUT2D eigenvalue weighted by Crippen LogP contribution is 2.45. The number of hydrogen-bond acceptors (Lipinski definition) is 4. The van der Waals surface area contributed by atoms with Crippen LogP contribution in [0.5, 0.6) is 0 Å². The fourth-order valence-electron chi connectivity index (χ4n) is 4.69. The van der Waals surface area contributed by atoms with Crippen molar-refractivity contribution in [3.05, 3.63) is 0 Å². The van der Waals surface area contributed by atoms with E-state index in [4.69, 9.17) is 0 Å². The molecule has 0 spiro atoms. The molecule has 2 aliphatic heterocycles. The molecular weight excluding hydrogens is 314 g/mol. The molecule has 3 fully saturated rings. The number of carbonyl (C=O) groups excluding carboxylic acids is 1. The van der Waals surface area contributed by atoms with Crippen LogP contribution in [0.4, 0.5) is 0 Å². The third-order valence-corrected chi connectivity index (χ3v) is 7.60. The zero-order valence-corrected chi connectivity index (χ0v) is 15.1. The van der Waals surface area contributed by atoms with E-state index in [-0.39, 0.29) is 11.5 Å². The van der Waals surface area contributed by atoms with Crippen LogP contribution < -0.4 is 5.32 Å². The van der Waals surface area contributed by atoms with Gasteiger partial charge in [0.05, 0.1) is 11.7 Å². The molecule has 3 rings (SSSR count). The maximum absolute atomic E-state index is 13.2. The molecule has 2 atom stereocenters. The van der Waals surface area contributed by atoms with Crippen LogP contribution in [-0.4, -0.2) is 69.1 Å². The largest absolute Gasteiger partial charge is 0.342 e. The van der Waals surface area contributed by atoms with Gasteiger partial charge >= 0.3 is 0 Å². The van der Waals surface area contributed by atoms with Gasteiger partial charge in [0.1, 0.15) is 0 Å². The third kappa shape index (κ3) is 3.15. The van der Waals surface area contributed by atoms with Crippen molar-refractivity contribution in [3.8, 4) is 0 Å². The molecule has 1 N–H and O–H groups in total. The van der Waals surface area contributed by atoms with E-state index in [0.717, 1.165) is 45.2 Å². The van der Waals surface area contributed by atoms with E-state index in [9.17, 15) is 13.2 Å². The molecule has 0 aromatic carbocycles. The van der Waals surface area contributed by atoms with E-state index >= 15 is 0 Å². The normalized spacial score (nSPS) is 33.0. The minimum absolute atomic E-state index is 0.0235. The summed E-state index contributed by atoms with van der Waals surface area (Å²) in [5.74, 6) is 0.799. The average molecular weight is 343 g/mol. The van der Waals surface area contributed by atoms with Gasteiger partial charge in [-0.3, -0.25) is 4.79 Å². The Morgan fingerprint density at radius 2 is 1.91 bits per heavy atom. The molecule has 132 valence electrons. The molecule has 1 saturated carbocycles. The van der Waals surface area contributed by atoms with Crippen LogP contribution in [0.25, 0.3) is 0 Å². The number of fused-ring (bicyclic) bond motifs is 1. The standard InChI is InChI=1S/C16H29N3O3S/c1-18(23(2,21)22)14-6-9-19(10-7-14)15(20)16-8-4-3-5-13(16)11-17-12-16/h13-14,17H,3-12H2,1-2H3/t13-,16+/m0/s1. The van der Waals surface area contributed by atoms with Gasteiger partial charge < -0.3 is 10.2 Å². The molecule has 2 heterocycles. The summed E-state index contributed by atoms with van der Waals surface area (Å²) in [6.07, 6.45) is 7.28. The maximum Gasteiger partial charge on any atom is 0.230 e. The van der Waals surface area contributed by atoms with Crippen LogP contribution in [0.1, 0.15) is 38.5 Å². The van der Waals surface area contributed by atoms with Crippen LogP contribution >= 0.6 is 0 Å². The zero-order chi connectivity index (χ0) is 16.7. The molecule has 0 aromatic heterocycles. The number of sulfonamides is 1. The van der Waals surface area contributed by atoms with Crippen molar-refractivity contribution in [2.24, 2.45) is 11.3 Å². The fourth-order valence-corrected chi connectivity index (χ4v) is 5.44. The third-order valence-electron chi connectivity index (χ3n) is 6.25. The fraction of sp³-hybridized carbons (Fsp3) is 0.938. The van der Waals surface area contributed by atoms with E-state index in [1.807, 2.05) is 4.90 Å². The van der Waals surface area contributed by atoms with Crippen LogP contribution in [-0.2, 0) is 14.8 Å². The molecule has 1 aliphatic carbocycles. The van der Waals surface area contributed by atoms with Gasteiger partial charge in [0.2, 0.25) is 15.9 Å². The quantitative estimate of drug-likeness (QED) is 0.817. The number of piperidine rings is 1. The van der Waals surface area contributed by atoms with Gasteiger partial charge in [-0.1, -0.05) is 12.8 Å². The van der Waals surface area contributed by atoms with Crippen LogP contribution in [0.3, 0.4) is 0 Å². The lowest BCUT2D eigenvalue weighted by Crippen LogP contribution is -2.54. The highest BCUT2D eigenvalue weighted by atomic mass is 32.2. The average Bonchev–Trinajstić information content (AvgIpc) is 2.98. The van der Waals surface area contributed by atoms with Crippen LogP contribution in [0.15, 0.2) is 0 Å². The molecule has 2 saturated heterocycles. The number of nitrogens with one attached hydrogen (secondary N) is 1. The van der Waals surface area contributed by atoms with Crippen molar-refractivity contribution in [2.45, 2.75) is 44.6 Å². The number of rotatable bonds is 3. The van der Waals surface area contributed by atoms with E-state index < -0.39 is 10.0 Å². The molecule has 23 heavy (non-hydrogen) atoms. The minimum atomic E-state index is -3.16. The highest BCUT2D eigenvalue weighted by Gasteiger charge is 2.51. The second-order valence-electron chi connectivity index (χ2n) is 7.53. The summed E-state index contributed by atoms with van der Waals surface area (Å²) in [7, 11) is -1.51. The van der Waals surface area contributed by atoms with Gasteiger partial charge in [0, 0.05) is 32.7 Å². The highest BCUT2D eigenvalue weighted by molar-refractivity contribution is 7.88. The van der Waals surface area contributed by atoms with Gasteiger partial charge in [0.15, 0.2) is 0 Å². The molecular formula is C16H29N3O3S. The van der Waals surface area contributed by atoms with Gasteiger partial charge in [0.25, 0.3) is 0 Å². The monoisotopic (exact) mass is 343 g/mol. The molecule has 0 unspecified atom stereocenters. The number of carbonyl (C=O) groups is 1. The molecule has 0 bridgehead atoms. The molecule has 7 heteroatoms. The summed E-state index contributed by atoms with van der Waals surface area (Å²) in [4.78, 5) is 15.2. The predicted octanol–water partition coefficient (Wildman–Crippen LogP) is 0.649. The van der Waals surface area contributed by atoms with Gasteiger partial charge in [-0.05, 0) is 38.1 Å².